The molecule has 5 aromatic rings. The first-order valence-electron chi connectivity index (χ1n) is 19.1. The van der Waals surface area contributed by atoms with Gasteiger partial charge in [-0.2, -0.15) is 0 Å². The minimum absolute atomic E-state index is 0.0697. The zero-order valence-electron chi connectivity index (χ0n) is 29.7. The lowest BCUT2D eigenvalue weighted by Crippen LogP contribution is -2.55. The summed E-state index contributed by atoms with van der Waals surface area (Å²) in [5.74, 6) is 3.24. The molecule has 0 saturated heterocycles. The maximum Gasteiger partial charge on any atom is 0.0543 e. The quantitative estimate of drug-likeness (QED) is 0.189. The number of hydrogen-bond donors (Lipinski definition) is 0. The summed E-state index contributed by atoms with van der Waals surface area (Å²) in [7, 11) is 0. The molecule has 5 aromatic carbocycles. The Kier molecular flexibility index (Phi) is 6.36. The molecule has 0 radical (unpaired) electrons. The van der Waals surface area contributed by atoms with Crippen molar-refractivity contribution >= 4 is 17.1 Å². The Labute approximate surface area is 293 Å². The van der Waals surface area contributed by atoms with Gasteiger partial charge in [0.05, 0.1) is 11.4 Å². The molecule has 0 amide bonds. The largest absolute Gasteiger partial charge is 0.310 e. The Bertz CT molecular complexity index is 2060. The SMILES string of the molecule is CC1(C)CCC(C)(C)c2c(N(c3ccccc3)c3cccc4c3-c3cccc(-c5ccccc5)c3C43C4CC5CC(C4)CC3C5)cccc21. The van der Waals surface area contributed by atoms with Gasteiger partial charge >= 0.3 is 0 Å². The minimum atomic E-state index is 0.0697. The van der Waals surface area contributed by atoms with E-state index in [-0.39, 0.29) is 16.2 Å². The number of fused-ring (bicyclic) bond motifs is 4. The van der Waals surface area contributed by atoms with E-state index >= 15 is 0 Å². The molecule has 1 heteroatoms. The first kappa shape index (κ1) is 29.8. The zero-order chi connectivity index (χ0) is 33.1. The molecule has 0 aliphatic heterocycles. The van der Waals surface area contributed by atoms with Crippen LogP contribution in [0.1, 0.15) is 94.9 Å². The Morgan fingerprint density at radius 2 is 1.06 bits per heavy atom. The highest BCUT2D eigenvalue weighted by Gasteiger charge is 2.62. The molecule has 4 bridgehead atoms. The van der Waals surface area contributed by atoms with Gasteiger partial charge in [0.25, 0.3) is 0 Å². The van der Waals surface area contributed by atoms with Crippen molar-refractivity contribution in [3.8, 4) is 22.3 Å². The summed E-state index contributed by atoms with van der Waals surface area (Å²) in [5.41, 5.74) is 16.3. The summed E-state index contributed by atoms with van der Waals surface area (Å²) in [6.07, 6.45) is 9.42. The van der Waals surface area contributed by atoms with Crippen LogP contribution >= 0.6 is 0 Å². The standard InChI is InChI=1S/C48H49N/c1-46(2)24-25-47(3,4)45-40(46)21-13-23-42(45)49(36-16-9-6-10-17-36)41-22-12-20-39-43(41)38-19-11-18-37(33-14-7-5-8-15-33)44(38)48(39)34-27-31-26-32(29-34)30-35(48)28-31/h5-23,31-32,34-35H,24-30H2,1-4H3. The number of nitrogens with zero attached hydrogens (tertiary/aromatic N) is 1. The fraction of sp³-hybridized carbons (Fsp3) is 0.375. The number of benzene rings is 5. The van der Waals surface area contributed by atoms with Crippen LogP contribution in [0.2, 0.25) is 0 Å². The van der Waals surface area contributed by atoms with E-state index in [1.807, 2.05) is 0 Å². The Balaban J connectivity index is 1.29. The fourth-order valence-corrected chi connectivity index (χ4v) is 12.2. The Morgan fingerprint density at radius 3 is 1.76 bits per heavy atom. The smallest absolute Gasteiger partial charge is 0.0543 e. The monoisotopic (exact) mass is 639 g/mol. The maximum absolute atomic E-state index is 2.66. The van der Waals surface area contributed by atoms with E-state index < -0.39 is 0 Å². The van der Waals surface area contributed by atoms with Crippen molar-refractivity contribution in [1.29, 1.82) is 0 Å². The molecule has 0 N–H and O–H groups in total. The van der Waals surface area contributed by atoms with Gasteiger partial charge in [0.15, 0.2) is 0 Å². The van der Waals surface area contributed by atoms with Crippen molar-refractivity contribution < 1.29 is 0 Å². The lowest BCUT2D eigenvalue weighted by Gasteiger charge is -2.61. The van der Waals surface area contributed by atoms with Gasteiger partial charge in [-0.15, -0.1) is 0 Å². The molecule has 11 rings (SSSR count). The van der Waals surface area contributed by atoms with Gasteiger partial charge in [-0.3, -0.25) is 0 Å². The third-order valence-electron chi connectivity index (χ3n) is 14.1. The van der Waals surface area contributed by atoms with Gasteiger partial charge in [0, 0.05) is 16.7 Å². The molecule has 4 saturated carbocycles. The highest BCUT2D eigenvalue weighted by atomic mass is 15.1. The second-order valence-electron chi connectivity index (χ2n) is 17.6. The third kappa shape index (κ3) is 4.11. The minimum Gasteiger partial charge on any atom is -0.310 e. The second-order valence-corrected chi connectivity index (χ2v) is 17.6. The normalized spacial score (nSPS) is 27.8. The Hall–Kier alpha value is -4.10. The average molecular weight is 640 g/mol. The lowest BCUT2D eigenvalue weighted by molar-refractivity contribution is -0.0397. The number of hydrogen-bond acceptors (Lipinski definition) is 1. The van der Waals surface area contributed by atoms with Crippen LogP contribution in [0.25, 0.3) is 22.3 Å². The molecule has 0 heterocycles. The molecular formula is C48H49N. The molecule has 0 unspecified atom stereocenters. The van der Waals surface area contributed by atoms with E-state index in [9.17, 15) is 0 Å². The number of para-hydroxylation sites is 1. The third-order valence-corrected chi connectivity index (χ3v) is 14.1. The van der Waals surface area contributed by atoms with E-state index in [2.05, 4.69) is 148 Å². The average Bonchev–Trinajstić information content (AvgIpc) is 3.42. The zero-order valence-corrected chi connectivity index (χ0v) is 29.7. The van der Waals surface area contributed by atoms with E-state index in [4.69, 9.17) is 0 Å². The van der Waals surface area contributed by atoms with Crippen LogP contribution in [-0.2, 0) is 16.2 Å². The van der Waals surface area contributed by atoms with Crippen LogP contribution in [0, 0.1) is 23.7 Å². The van der Waals surface area contributed by atoms with Crippen LogP contribution in [0.15, 0.2) is 115 Å². The van der Waals surface area contributed by atoms with Crippen molar-refractivity contribution in [3.05, 3.63) is 138 Å². The lowest BCUT2D eigenvalue weighted by atomic mass is 9.42. The highest BCUT2D eigenvalue weighted by molar-refractivity contribution is 5.98. The molecule has 1 nitrogen and oxygen atoms in total. The van der Waals surface area contributed by atoms with Crippen LogP contribution in [0.3, 0.4) is 0 Å². The molecule has 0 aromatic heterocycles. The van der Waals surface area contributed by atoms with Gasteiger partial charge in [-0.25, -0.2) is 0 Å². The second kappa shape index (κ2) is 10.5. The van der Waals surface area contributed by atoms with Crippen molar-refractivity contribution in [2.45, 2.75) is 88.9 Å². The predicted molar refractivity (Wildman–Crippen MR) is 205 cm³/mol. The van der Waals surface area contributed by atoms with Crippen molar-refractivity contribution in [2.75, 3.05) is 4.90 Å². The fourth-order valence-electron chi connectivity index (χ4n) is 12.2. The highest BCUT2D eigenvalue weighted by Crippen LogP contribution is 2.71. The maximum atomic E-state index is 2.66. The van der Waals surface area contributed by atoms with E-state index in [0.717, 1.165) is 11.8 Å². The Morgan fingerprint density at radius 1 is 0.490 bits per heavy atom. The first-order chi connectivity index (χ1) is 23.8. The first-order valence-corrected chi connectivity index (χ1v) is 19.1. The van der Waals surface area contributed by atoms with Crippen LogP contribution in [0.4, 0.5) is 17.1 Å². The van der Waals surface area contributed by atoms with Crippen LogP contribution in [-0.4, -0.2) is 0 Å². The summed E-state index contributed by atoms with van der Waals surface area (Å²) >= 11 is 0. The summed E-state index contributed by atoms with van der Waals surface area (Å²) < 4.78 is 0. The molecule has 6 aliphatic carbocycles. The number of rotatable bonds is 4. The molecule has 6 aliphatic rings. The van der Waals surface area contributed by atoms with E-state index in [1.165, 1.54) is 95.4 Å². The topological polar surface area (TPSA) is 3.24 Å². The van der Waals surface area contributed by atoms with Gasteiger partial charge in [-0.05, 0) is 143 Å². The molecule has 4 fully saturated rings. The van der Waals surface area contributed by atoms with Crippen LogP contribution in [0.5, 0.6) is 0 Å². The van der Waals surface area contributed by atoms with Gasteiger partial charge in [-0.1, -0.05) is 119 Å². The van der Waals surface area contributed by atoms with Gasteiger partial charge in [0.1, 0.15) is 0 Å². The number of anilines is 3. The summed E-state index contributed by atoms with van der Waals surface area (Å²) in [6, 6.07) is 44.4. The summed E-state index contributed by atoms with van der Waals surface area (Å²) in [4.78, 5) is 2.66. The summed E-state index contributed by atoms with van der Waals surface area (Å²) in [6.45, 7) is 9.87. The molecule has 1 spiro atoms. The van der Waals surface area contributed by atoms with Crippen molar-refractivity contribution in [1.82, 2.24) is 0 Å². The van der Waals surface area contributed by atoms with E-state index in [1.54, 1.807) is 11.1 Å². The predicted octanol–water partition coefficient (Wildman–Crippen LogP) is 12.9. The molecular weight excluding hydrogens is 591 g/mol. The molecule has 246 valence electrons. The van der Waals surface area contributed by atoms with Gasteiger partial charge < -0.3 is 4.90 Å². The summed E-state index contributed by atoms with van der Waals surface area (Å²) in [5, 5.41) is 0. The molecule has 49 heavy (non-hydrogen) atoms. The molecule has 0 atom stereocenters. The van der Waals surface area contributed by atoms with Crippen molar-refractivity contribution in [3.63, 3.8) is 0 Å². The van der Waals surface area contributed by atoms with E-state index in [0.29, 0.717) is 11.8 Å². The van der Waals surface area contributed by atoms with Crippen molar-refractivity contribution in [2.24, 2.45) is 23.7 Å². The van der Waals surface area contributed by atoms with Crippen LogP contribution < -0.4 is 4.90 Å². The van der Waals surface area contributed by atoms with Gasteiger partial charge in [0.2, 0.25) is 0 Å².